The molecule has 0 unspecified atom stereocenters. The highest BCUT2D eigenvalue weighted by molar-refractivity contribution is 5.97. The van der Waals surface area contributed by atoms with Crippen molar-refractivity contribution in [2.24, 2.45) is 5.92 Å². The fraction of sp³-hybridized carbons (Fsp3) is 0.278. The van der Waals surface area contributed by atoms with E-state index in [9.17, 15) is 4.79 Å². The van der Waals surface area contributed by atoms with Crippen LogP contribution in [0.3, 0.4) is 0 Å². The van der Waals surface area contributed by atoms with Crippen molar-refractivity contribution in [3.8, 4) is 0 Å². The van der Waals surface area contributed by atoms with Crippen molar-refractivity contribution in [3.05, 3.63) is 71.8 Å². The Morgan fingerprint density at radius 3 is 1.74 bits per heavy atom. The molecule has 0 aliphatic carbocycles. The summed E-state index contributed by atoms with van der Waals surface area (Å²) in [7, 11) is 0. The van der Waals surface area contributed by atoms with E-state index in [1.807, 2.05) is 60.7 Å². The maximum atomic E-state index is 11.8. The average Bonchev–Trinajstić information content (AvgIpc) is 2.40. The Kier molecular flexibility index (Phi) is 6.59. The molecule has 0 spiro atoms. The molecule has 100 valence electrons. The lowest BCUT2D eigenvalue weighted by atomic mass is 10.0. The summed E-state index contributed by atoms with van der Waals surface area (Å²) in [6.07, 6.45) is 0.477. The van der Waals surface area contributed by atoms with E-state index in [-0.39, 0.29) is 5.78 Å². The van der Waals surface area contributed by atoms with Crippen LogP contribution in [0.5, 0.6) is 0 Å². The lowest BCUT2D eigenvalue weighted by Gasteiger charge is -2.00. The molecule has 0 aromatic heterocycles. The van der Waals surface area contributed by atoms with E-state index in [0.717, 1.165) is 17.0 Å². The molecule has 2 rings (SSSR count). The molecule has 2 aromatic carbocycles. The largest absolute Gasteiger partial charge is 0.294 e. The van der Waals surface area contributed by atoms with Crippen molar-refractivity contribution < 1.29 is 4.79 Å². The van der Waals surface area contributed by atoms with Gasteiger partial charge in [0.25, 0.3) is 0 Å². The smallest absolute Gasteiger partial charge is 0.167 e. The number of Topliss-reactive ketones (excluding diaryl/α,β-unsaturated/α-hetero) is 1. The Balaban J connectivity index is 0.000000399. The fourth-order valence-electron chi connectivity index (χ4n) is 1.51. The molecular weight excluding hydrogens is 232 g/mol. The summed E-state index contributed by atoms with van der Waals surface area (Å²) in [5, 5.41) is 0. The third-order valence-electron chi connectivity index (χ3n) is 2.30. The van der Waals surface area contributed by atoms with Gasteiger partial charge in [0.2, 0.25) is 0 Å². The number of carbonyl (C=O) groups is 1. The van der Waals surface area contributed by atoms with Crippen molar-refractivity contribution in [2.75, 3.05) is 0 Å². The van der Waals surface area contributed by atoms with Crippen molar-refractivity contribution in [1.29, 1.82) is 0 Å². The summed E-state index contributed by atoms with van der Waals surface area (Å²) in [5.74, 6) is 1.00. The lowest BCUT2D eigenvalue weighted by Crippen LogP contribution is -2.02. The van der Waals surface area contributed by atoms with Gasteiger partial charge in [-0.15, -0.1) is 0 Å². The van der Waals surface area contributed by atoms with Gasteiger partial charge in [-0.05, 0) is 11.5 Å². The second-order valence-corrected chi connectivity index (χ2v) is 5.18. The predicted octanol–water partition coefficient (Wildman–Crippen LogP) is 4.77. The second kappa shape index (κ2) is 8.25. The minimum Gasteiger partial charge on any atom is -0.294 e. The molecule has 1 nitrogen and oxygen atoms in total. The molecule has 1 heteroatoms. The molecule has 0 saturated heterocycles. The van der Waals surface area contributed by atoms with E-state index >= 15 is 0 Å². The molecule has 0 aliphatic rings. The zero-order valence-corrected chi connectivity index (χ0v) is 12.0. The molecular formula is C18H22O. The summed E-state index contributed by atoms with van der Waals surface area (Å²) >= 11 is 0. The van der Waals surface area contributed by atoms with E-state index < -0.39 is 0 Å². The number of hydrogen-bond acceptors (Lipinski definition) is 1. The minimum absolute atomic E-state index is 0.168. The van der Waals surface area contributed by atoms with Crippen molar-refractivity contribution in [2.45, 2.75) is 27.2 Å². The molecule has 0 bridgehead atoms. The molecule has 0 saturated carbocycles. The number of hydrogen-bond donors (Lipinski definition) is 0. The van der Waals surface area contributed by atoms with E-state index in [1.165, 1.54) is 0 Å². The van der Waals surface area contributed by atoms with Crippen LogP contribution in [0.25, 0.3) is 0 Å². The zero-order chi connectivity index (χ0) is 14.1. The molecule has 0 aliphatic heterocycles. The summed E-state index contributed by atoms with van der Waals surface area (Å²) in [5.41, 5.74) is 1.84. The molecule has 0 heterocycles. The maximum Gasteiger partial charge on any atom is 0.167 e. The van der Waals surface area contributed by atoms with Crippen LogP contribution in [0.1, 0.15) is 36.7 Å². The highest BCUT2D eigenvalue weighted by Crippen LogP contribution is 2.06. The van der Waals surface area contributed by atoms with Gasteiger partial charge < -0.3 is 0 Å². The van der Waals surface area contributed by atoms with Gasteiger partial charge in [-0.1, -0.05) is 81.4 Å². The van der Waals surface area contributed by atoms with Crippen LogP contribution < -0.4 is 0 Å². The Labute approximate surface area is 116 Å². The first-order valence-electron chi connectivity index (χ1n) is 6.71. The van der Waals surface area contributed by atoms with Gasteiger partial charge in [0.15, 0.2) is 5.78 Å². The molecule has 19 heavy (non-hydrogen) atoms. The van der Waals surface area contributed by atoms with Gasteiger partial charge in [0.1, 0.15) is 0 Å². The first-order chi connectivity index (χ1) is 9.09. The highest BCUT2D eigenvalue weighted by atomic mass is 16.1. The molecule has 0 atom stereocenters. The summed E-state index contributed by atoms with van der Waals surface area (Å²) in [6.45, 7) is 6.50. The topological polar surface area (TPSA) is 17.1 Å². The van der Waals surface area contributed by atoms with Crippen LogP contribution in [0.15, 0.2) is 60.7 Å². The third kappa shape index (κ3) is 6.56. The number of ketones is 1. The molecule has 0 amide bonds. The highest BCUT2D eigenvalue weighted by Gasteiger charge is 2.05. The number of carbonyl (C=O) groups excluding carboxylic acids is 1. The first-order valence-corrected chi connectivity index (χ1v) is 6.71. The Morgan fingerprint density at radius 1 is 0.842 bits per heavy atom. The van der Waals surface area contributed by atoms with E-state index in [2.05, 4.69) is 20.8 Å². The van der Waals surface area contributed by atoms with Crippen LogP contribution in [-0.2, 0) is 6.42 Å². The Morgan fingerprint density at radius 2 is 1.26 bits per heavy atom. The SMILES string of the molecule is CC(C)C.O=C(Cc1ccccc1)c1ccccc1. The normalized spacial score (nSPS) is 9.68. The predicted molar refractivity (Wildman–Crippen MR) is 81.4 cm³/mol. The molecule has 2 aromatic rings. The second-order valence-electron chi connectivity index (χ2n) is 5.18. The minimum atomic E-state index is 0.168. The molecule has 0 radical (unpaired) electrons. The Bertz CT molecular complexity index is 469. The van der Waals surface area contributed by atoms with E-state index in [0.29, 0.717) is 6.42 Å². The van der Waals surface area contributed by atoms with Crippen LogP contribution in [-0.4, -0.2) is 5.78 Å². The average molecular weight is 254 g/mol. The van der Waals surface area contributed by atoms with Crippen LogP contribution >= 0.6 is 0 Å². The van der Waals surface area contributed by atoms with Gasteiger partial charge in [0, 0.05) is 12.0 Å². The van der Waals surface area contributed by atoms with Gasteiger partial charge >= 0.3 is 0 Å². The Hall–Kier alpha value is -1.89. The third-order valence-corrected chi connectivity index (χ3v) is 2.30. The van der Waals surface area contributed by atoms with E-state index in [4.69, 9.17) is 0 Å². The molecule has 0 N–H and O–H groups in total. The summed E-state index contributed by atoms with van der Waals surface area (Å²) in [4.78, 5) is 11.8. The fourth-order valence-corrected chi connectivity index (χ4v) is 1.51. The van der Waals surface area contributed by atoms with Gasteiger partial charge in [-0.3, -0.25) is 4.79 Å². The quantitative estimate of drug-likeness (QED) is 0.721. The van der Waals surface area contributed by atoms with Gasteiger partial charge in [-0.25, -0.2) is 0 Å². The van der Waals surface area contributed by atoms with Crippen LogP contribution in [0.2, 0.25) is 0 Å². The maximum absolute atomic E-state index is 11.8. The first kappa shape index (κ1) is 15.2. The van der Waals surface area contributed by atoms with Gasteiger partial charge in [-0.2, -0.15) is 0 Å². The van der Waals surface area contributed by atoms with Crippen LogP contribution in [0.4, 0.5) is 0 Å². The van der Waals surface area contributed by atoms with Crippen molar-refractivity contribution in [3.63, 3.8) is 0 Å². The van der Waals surface area contributed by atoms with Crippen molar-refractivity contribution in [1.82, 2.24) is 0 Å². The molecule has 0 fully saturated rings. The standard InChI is InChI=1S/C14H12O.C4H10/c15-14(13-9-5-2-6-10-13)11-12-7-3-1-4-8-12;1-4(2)3/h1-10H,11H2;4H,1-3H3. The number of rotatable bonds is 3. The summed E-state index contributed by atoms with van der Waals surface area (Å²) < 4.78 is 0. The zero-order valence-electron chi connectivity index (χ0n) is 12.0. The van der Waals surface area contributed by atoms with Gasteiger partial charge in [0.05, 0.1) is 0 Å². The number of benzene rings is 2. The summed E-state index contributed by atoms with van der Waals surface area (Å²) in [6, 6.07) is 19.2. The monoisotopic (exact) mass is 254 g/mol. The lowest BCUT2D eigenvalue weighted by molar-refractivity contribution is 0.0993. The van der Waals surface area contributed by atoms with E-state index in [1.54, 1.807) is 0 Å². The van der Waals surface area contributed by atoms with Crippen molar-refractivity contribution >= 4 is 5.78 Å². The van der Waals surface area contributed by atoms with Crippen LogP contribution in [0, 0.1) is 5.92 Å².